The van der Waals surface area contributed by atoms with E-state index < -0.39 is 5.91 Å². The van der Waals surface area contributed by atoms with Gasteiger partial charge < -0.3 is 0 Å². The zero-order valence-electron chi connectivity index (χ0n) is 14.7. The molecule has 2 aromatic rings. The number of carbonyl (C=O) groups is 2. The zero-order chi connectivity index (χ0) is 18.3. The molecular weight excluding hydrogens is 332 g/mol. The van der Waals surface area contributed by atoms with Crippen molar-refractivity contribution >= 4 is 22.6 Å². The third-order valence-corrected chi connectivity index (χ3v) is 5.82. The Morgan fingerprint density at radius 1 is 1.15 bits per heavy atom. The Morgan fingerprint density at radius 3 is 2.62 bits per heavy atom. The van der Waals surface area contributed by atoms with Gasteiger partial charge in [0.15, 0.2) is 5.69 Å². The van der Waals surface area contributed by atoms with Crippen LogP contribution >= 0.6 is 0 Å². The quantitative estimate of drug-likeness (QED) is 0.818. The fraction of sp³-hybridized carbons (Fsp3) is 0.474. The third kappa shape index (κ3) is 2.98. The molecule has 0 aliphatic heterocycles. The topological polar surface area (TPSA) is 93.1 Å². The molecule has 2 amide bonds. The van der Waals surface area contributed by atoms with Gasteiger partial charge in [-0.15, -0.1) is 0 Å². The Hall–Kier alpha value is -2.70. The summed E-state index contributed by atoms with van der Waals surface area (Å²) >= 11 is 0. The van der Waals surface area contributed by atoms with Crippen molar-refractivity contribution in [1.29, 1.82) is 0 Å². The van der Waals surface area contributed by atoms with Gasteiger partial charge in [0.05, 0.1) is 5.39 Å². The summed E-state index contributed by atoms with van der Waals surface area (Å²) in [4.78, 5) is 36.8. The van der Waals surface area contributed by atoms with Crippen LogP contribution in [0.15, 0.2) is 29.1 Å². The predicted octanol–water partition coefficient (Wildman–Crippen LogP) is 1.52. The first-order valence-electron chi connectivity index (χ1n) is 9.08. The molecule has 136 valence electrons. The first kappa shape index (κ1) is 16.8. The van der Waals surface area contributed by atoms with Crippen molar-refractivity contribution in [2.24, 2.45) is 24.8 Å². The zero-order valence-corrected chi connectivity index (χ0v) is 14.7. The van der Waals surface area contributed by atoms with Gasteiger partial charge in [-0.05, 0) is 43.1 Å². The molecule has 1 aromatic heterocycles. The van der Waals surface area contributed by atoms with Crippen LogP contribution in [0.3, 0.4) is 0 Å². The van der Waals surface area contributed by atoms with E-state index in [1.54, 1.807) is 24.3 Å². The Kier molecular flexibility index (Phi) is 4.22. The molecule has 2 aliphatic rings. The minimum Gasteiger partial charge on any atom is -0.273 e. The maximum Gasteiger partial charge on any atom is 0.290 e. The van der Waals surface area contributed by atoms with E-state index in [4.69, 9.17) is 0 Å². The van der Waals surface area contributed by atoms with Crippen molar-refractivity contribution in [3.8, 4) is 0 Å². The van der Waals surface area contributed by atoms with Crippen molar-refractivity contribution < 1.29 is 9.59 Å². The molecule has 7 heteroatoms. The molecule has 7 nitrogen and oxygen atoms in total. The second-order valence-electron chi connectivity index (χ2n) is 7.46. The molecule has 2 saturated carbocycles. The summed E-state index contributed by atoms with van der Waals surface area (Å²) < 4.78 is 1.13. The smallest absolute Gasteiger partial charge is 0.273 e. The lowest BCUT2D eigenvalue weighted by Gasteiger charge is -2.20. The number of nitrogens with one attached hydrogen (secondary N) is 2. The van der Waals surface area contributed by atoms with Gasteiger partial charge in [0.1, 0.15) is 0 Å². The Balaban J connectivity index is 1.44. The average molecular weight is 354 g/mol. The van der Waals surface area contributed by atoms with Gasteiger partial charge in [0.25, 0.3) is 11.5 Å². The van der Waals surface area contributed by atoms with Gasteiger partial charge in [-0.1, -0.05) is 24.6 Å². The van der Waals surface area contributed by atoms with Gasteiger partial charge in [0, 0.05) is 18.9 Å². The van der Waals surface area contributed by atoms with E-state index in [-0.39, 0.29) is 17.2 Å². The Morgan fingerprint density at radius 2 is 1.92 bits per heavy atom. The normalized spacial score (nSPS) is 24.0. The van der Waals surface area contributed by atoms with E-state index in [1.807, 2.05) is 0 Å². The molecule has 2 aliphatic carbocycles. The largest absolute Gasteiger partial charge is 0.290 e. The van der Waals surface area contributed by atoms with Gasteiger partial charge in [-0.2, -0.15) is 5.10 Å². The molecule has 2 fully saturated rings. The highest BCUT2D eigenvalue weighted by atomic mass is 16.2. The van der Waals surface area contributed by atoms with Crippen molar-refractivity contribution in [2.45, 2.75) is 32.1 Å². The van der Waals surface area contributed by atoms with Crippen LogP contribution in [0.2, 0.25) is 0 Å². The summed E-state index contributed by atoms with van der Waals surface area (Å²) in [6.45, 7) is 0. The fourth-order valence-corrected chi connectivity index (χ4v) is 4.57. The van der Waals surface area contributed by atoms with E-state index in [1.165, 1.54) is 26.3 Å². The minimum atomic E-state index is -0.530. The van der Waals surface area contributed by atoms with Gasteiger partial charge >= 0.3 is 0 Å². The summed E-state index contributed by atoms with van der Waals surface area (Å²) in [6.07, 6.45) is 5.34. The summed E-state index contributed by atoms with van der Waals surface area (Å²) in [5.74, 6) is 1.18. The molecule has 3 unspecified atom stereocenters. The van der Waals surface area contributed by atoms with E-state index >= 15 is 0 Å². The van der Waals surface area contributed by atoms with Gasteiger partial charge in [-0.25, -0.2) is 4.68 Å². The summed E-state index contributed by atoms with van der Waals surface area (Å²) in [6, 6.07) is 6.82. The molecule has 2 bridgehead atoms. The second-order valence-corrected chi connectivity index (χ2v) is 7.46. The lowest BCUT2D eigenvalue weighted by molar-refractivity contribution is -0.123. The van der Waals surface area contributed by atoms with Crippen molar-refractivity contribution in [1.82, 2.24) is 20.6 Å². The maximum atomic E-state index is 12.5. The summed E-state index contributed by atoms with van der Waals surface area (Å²) in [5, 5.41) is 4.94. The molecule has 3 atom stereocenters. The number of carbonyl (C=O) groups excluding carboxylic acids is 2. The first-order chi connectivity index (χ1) is 12.5. The van der Waals surface area contributed by atoms with Crippen molar-refractivity contribution in [3.63, 3.8) is 0 Å². The van der Waals surface area contributed by atoms with Gasteiger partial charge in [-0.3, -0.25) is 25.2 Å². The first-order valence-corrected chi connectivity index (χ1v) is 9.08. The molecule has 2 N–H and O–H groups in total. The predicted molar refractivity (Wildman–Crippen MR) is 96.1 cm³/mol. The molecule has 0 radical (unpaired) electrons. The number of nitrogens with zero attached hydrogens (tertiary/aromatic N) is 2. The standard InChI is InChI=1S/C19H22N4O3/c1-23-19(26)15-5-3-2-4-14(15)17(22-23)18(25)21-20-16(24)10-13-9-11-6-7-12(13)8-11/h2-5,11-13H,6-10H2,1H3,(H,20,24)(H,21,25). The Bertz CT molecular complexity index is 936. The van der Waals surface area contributed by atoms with E-state index in [0.717, 1.165) is 17.0 Å². The highest BCUT2D eigenvalue weighted by molar-refractivity contribution is 6.05. The van der Waals surface area contributed by atoms with Crippen molar-refractivity contribution in [2.75, 3.05) is 0 Å². The molecule has 1 aromatic carbocycles. The van der Waals surface area contributed by atoms with E-state index in [2.05, 4.69) is 16.0 Å². The van der Waals surface area contributed by atoms with Crippen LogP contribution in [-0.2, 0) is 11.8 Å². The number of benzene rings is 1. The van der Waals surface area contributed by atoms with Crippen LogP contribution in [0.1, 0.15) is 42.6 Å². The maximum absolute atomic E-state index is 12.5. The van der Waals surface area contributed by atoms with Crippen LogP contribution in [0.25, 0.3) is 10.8 Å². The van der Waals surface area contributed by atoms with Crippen LogP contribution in [0.4, 0.5) is 0 Å². The van der Waals surface area contributed by atoms with Crippen molar-refractivity contribution in [3.05, 3.63) is 40.3 Å². The highest BCUT2D eigenvalue weighted by Gasteiger charge is 2.40. The highest BCUT2D eigenvalue weighted by Crippen LogP contribution is 2.49. The van der Waals surface area contributed by atoms with Gasteiger partial charge in [0.2, 0.25) is 5.91 Å². The molecule has 26 heavy (non-hydrogen) atoms. The Labute approximate surface area is 150 Å². The lowest BCUT2D eigenvalue weighted by Crippen LogP contribution is -2.43. The SMILES string of the molecule is Cn1nc(C(=O)NNC(=O)CC2CC3CCC2C3)c2ccccc2c1=O. The van der Waals surface area contributed by atoms with Crippen LogP contribution in [0.5, 0.6) is 0 Å². The second kappa shape index (κ2) is 6.55. The van der Waals surface area contributed by atoms with E-state index in [9.17, 15) is 14.4 Å². The molecule has 4 rings (SSSR count). The average Bonchev–Trinajstić information content (AvgIpc) is 3.26. The fourth-order valence-electron chi connectivity index (χ4n) is 4.57. The minimum absolute atomic E-state index is 0.114. The van der Waals surface area contributed by atoms with E-state index in [0.29, 0.717) is 29.0 Å². The number of aromatic nitrogens is 2. The van der Waals surface area contributed by atoms with Crippen LogP contribution in [-0.4, -0.2) is 21.6 Å². The lowest BCUT2D eigenvalue weighted by atomic mass is 9.86. The number of fused-ring (bicyclic) bond motifs is 3. The molecular formula is C19H22N4O3. The number of hydrogen-bond donors (Lipinski definition) is 2. The number of aryl methyl sites for hydroxylation is 1. The number of hydrazine groups is 1. The monoisotopic (exact) mass is 354 g/mol. The third-order valence-electron chi connectivity index (χ3n) is 5.82. The van der Waals surface area contributed by atoms with Crippen LogP contribution < -0.4 is 16.4 Å². The molecule has 0 saturated heterocycles. The number of rotatable bonds is 3. The summed E-state index contributed by atoms with van der Waals surface area (Å²) in [7, 11) is 1.50. The number of amides is 2. The van der Waals surface area contributed by atoms with Crippen LogP contribution in [0, 0.1) is 17.8 Å². The molecule has 0 spiro atoms. The molecule has 1 heterocycles. The number of hydrogen-bond acceptors (Lipinski definition) is 4. The summed E-state index contributed by atoms with van der Waals surface area (Å²) in [5.41, 5.74) is 4.79.